The fraction of sp³-hybridized carbons (Fsp3) is 0.556. The monoisotopic (exact) mass is 285 g/mol. The lowest BCUT2D eigenvalue weighted by atomic mass is 10.2. The number of carboxylic acids is 1. The lowest BCUT2D eigenvalue weighted by Crippen LogP contribution is -2.43. The highest BCUT2D eigenvalue weighted by molar-refractivity contribution is 6.01. The number of aliphatic carboxylic acids is 1. The number of hydrogen-bond donors (Lipinski definition) is 2. The molecule has 0 aromatic heterocycles. The number of carboxylic acid groups (broad SMARTS) is 1. The van der Waals surface area contributed by atoms with E-state index in [9.17, 15) is 19.2 Å². The van der Waals surface area contributed by atoms with E-state index in [1.807, 2.05) is 0 Å². The summed E-state index contributed by atoms with van der Waals surface area (Å²) in [5.74, 6) is -2.54. The Bertz CT molecular complexity index is 465. The molecule has 1 aliphatic rings. The molecule has 1 atom stereocenters. The van der Waals surface area contributed by atoms with Crippen molar-refractivity contribution in [3.05, 3.63) is 10.4 Å². The zero-order valence-electron chi connectivity index (χ0n) is 10.2. The number of hydroxylamine groups is 2. The summed E-state index contributed by atoms with van der Waals surface area (Å²) in [5, 5.41) is 14.2. The molecular formula is C9H11N5O6. The number of hydrogen-bond acceptors (Lipinski definition) is 6. The predicted molar refractivity (Wildman–Crippen MR) is 60.8 cm³/mol. The van der Waals surface area contributed by atoms with Gasteiger partial charge >= 0.3 is 12.1 Å². The van der Waals surface area contributed by atoms with Crippen LogP contribution >= 0.6 is 0 Å². The van der Waals surface area contributed by atoms with Crippen LogP contribution in [-0.2, 0) is 19.2 Å². The quantitative estimate of drug-likeness (QED) is 0.300. The molecular weight excluding hydrogens is 274 g/mol. The first kappa shape index (κ1) is 15.2. The van der Waals surface area contributed by atoms with Crippen LogP contribution in [0, 0.1) is 0 Å². The molecule has 0 aromatic carbocycles. The zero-order valence-corrected chi connectivity index (χ0v) is 10.2. The summed E-state index contributed by atoms with van der Waals surface area (Å²) in [6, 6.07) is -1.01. The van der Waals surface area contributed by atoms with Crippen LogP contribution in [0.4, 0.5) is 4.79 Å². The van der Waals surface area contributed by atoms with Gasteiger partial charge in [-0.25, -0.2) is 4.79 Å². The molecule has 2 N–H and O–H groups in total. The van der Waals surface area contributed by atoms with Gasteiger partial charge in [-0.1, -0.05) is 5.11 Å². The van der Waals surface area contributed by atoms with E-state index in [1.165, 1.54) is 0 Å². The maximum Gasteiger partial charge on any atom is 0.432 e. The van der Waals surface area contributed by atoms with Gasteiger partial charge in [0.05, 0.1) is 6.42 Å². The second-order valence-electron chi connectivity index (χ2n) is 3.81. The molecule has 3 amide bonds. The summed E-state index contributed by atoms with van der Waals surface area (Å²) in [6.07, 6.45) is -1.78. The molecule has 1 rings (SSSR count). The number of rotatable bonds is 6. The number of carbonyl (C=O) groups is 4. The normalized spacial score (nSPS) is 15.5. The standard InChI is InChI=1S/C9H11N5O6/c10-13-11-4-5(3-8(17)18)12-9(19)20-14-6(15)1-2-7(14)16/h5H,1-4H2,(H,12,19)(H,17,18). The van der Waals surface area contributed by atoms with Crippen LogP contribution in [0.3, 0.4) is 0 Å². The Morgan fingerprint density at radius 2 is 2.05 bits per heavy atom. The fourth-order valence-electron chi connectivity index (χ4n) is 1.44. The Balaban J connectivity index is 2.56. The minimum Gasteiger partial charge on any atom is -0.481 e. The Morgan fingerprint density at radius 3 is 2.55 bits per heavy atom. The molecule has 0 bridgehead atoms. The zero-order chi connectivity index (χ0) is 15.1. The highest BCUT2D eigenvalue weighted by Gasteiger charge is 2.33. The molecule has 0 spiro atoms. The lowest BCUT2D eigenvalue weighted by Gasteiger charge is -2.17. The van der Waals surface area contributed by atoms with Gasteiger partial charge in [0.2, 0.25) is 0 Å². The summed E-state index contributed by atoms with van der Waals surface area (Å²) in [4.78, 5) is 51.3. The second kappa shape index (κ2) is 6.95. The average Bonchev–Trinajstić information content (AvgIpc) is 2.67. The maximum absolute atomic E-state index is 11.4. The van der Waals surface area contributed by atoms with Crippen molar-refractivity contribution in [1.82, 2.24) is 10.4 Å². The molecule has 1 aliphatic heterocycles. The molecule has 1 fully saturated rings. The van der Waals surface area contributed by atoms with Crippen molar-refractivity contribution in [3.63, 3.8) is 0 Å². The van der Waals surface area contributed by atoms with Gasteiger partial charge in [-0.15, -0.1) is 5.06 Å². The molecule has 1 heterocycles. The van der Waals surface area contributed by atoms with Gasteiger partial charge in [0.25, 0.3) is 11.8 Å². The van der Waals surface area contributed by atoms with Crippen LogP contribution < -0.4 is 5.32 Å². The largest absolute Gasteiger partial charge is 0.481 e. The maximum atomic E-state index is 11.4. The molecule has 0 aromatic rings. The number of nitrogens with zero attached hydrogens (tertiary/aromatic N) is 4. The highest BCUT2D eigenvalue weighted by atomic mass is 16.7. The van der Waals surface area contributed by atoms with E-state index in [0.717, 1.165) is 0 Å². The molecule has 1 unspecified atom stereocenters. The number of azide groups is 1. The molecule has 11 nitrogen and oxygen atoms in total. The van der Waals surface area contributed by atoms with Gasteiger partial charge in [-0.2, -0.15) is 0 Å². The molecule has 0 radical (unpaired) electrons. The van der Waals surface area contributed by atoms with Gasteiger partial charge in [-0.05, 0) is 5.53 Å². The van der Waals surface area contributed by atoms with E-state index in [0.29, 0.717) is 5.06 Å². The molecule has 11 heteroatoms. The third-order valence-electron chi connectivity index (χ3n) is 2.29. The first-order valence-electron chi connectivity index (χ1n) is 5.51. The third kappa shape index (κ3) is 4.46. The van der Waals surface area contributed by atoms with Crippen molar-refractivity contribution in [2.45, 2.75) is 25.3 Å². The van der Waals surface area contributed by atoms with Crippen LogP contribution in [0.1, 0.15) is 19.3 Å². The van der Waals surface area contributed by atoms with E-state index in [4.69, 9.17) is 10.6 Å². The van der Waals surface area contributed by atoms with E-state index in [1.54, 1.807) is 0 Å². The number of carbonyl (C=O) groups excluding carboxylic acids is 3. The van der Waals surface area contributed by atoms with E-state index in [2.05, 4.69) is 20.2 Å². The van der Waals surface area contributed by atoms with E-state index < -0.39 is 36.3 Å². The van der Waals surface area contributed by atoms with Gasteiger partial charge < -0.3 is 15.3 Å². The van der Waals surface area contributed by atoms with Crippen LogP contribution in [-0.4, -0.2) is 46.6 Å². The van der Waals surface area contributed by atoms with E-state index >= 15 is 0 Å². The summed E-state index contributed by atoms with van der Waals surface area (Å²) in [6.45, 7) is -0.306. The van der Waals surface area contributed by atoms with Crippen molar-refractivity contribution in [3.8, 4) is 0 Å². The van der Waals surface area contributed by atoms with E-state index in [-0.39, 0.29) is 19.4 Å². The van der Waals surface area contributed by atoms with Crippen molar-refractivity contribution in [1.29, 1.82) is 0 Å². The smallest absolute Gasteiger partial charge is 0.432 e. The molecule has 0 aliphatic carbocycles. The van der Waals surface area contributed by atoms with Gasteiger partial charge in [-0.3, -0.25) is 14.4 Å². The lowest BCUT2D eigenvalue weighted by molar-refractivity contribution is -0.171. The summed E-state index contributed by atoms with van der Waals surface area (Å²) < 4.78 is 0. The molecule has 1 saturated heterocycles. The fourth-order valence-corrected chi connectivity index (χ4v) is 1.44. The summed E-state index contributed by atoms with van der Waals surface area (Å²) in [5.41, 5.74) is 8.15. The number of nitrogens with one attached hydrogen (secondary N) is 1. The Labute approximate surface area is 112 Å². The topological polar surface area (TPSA) is 162 Å². The SMILES string of the molecule is [N-]=[N+]=NCC(CC(=O)O)NC(=O)ON1C(=O)CCC1=O. The van der Waals surface area contributed by atoms with Crippen LogP contribution in [0.5, 0.6) is 0 Å². The summed E-state index contributed by atoms with van der Waals surface area (Å²) >= 11 is 0. The number of imide groups is 1. The average molecular weight is 285 g/mol. The highest BCUT2D eigenvalue weighted by Crippen LogP contribution is 2.12. The van der Waals surface area contributed by atoms with Crippen LogP contribution in [0.25, 0.3) is 10.4 Å². The van der Waals surface area contributed by atoms with Crippen molar-refractivity contribution >= 4 is 23.9 Å². The van der Waals surface area contributed by atoms with Gasteiger partial charge in [0.15, 0.2) is 0 Å². The Morgan fingerprint density at radius 1 is 1.45 bits per heavy atom. The molecule has 20 heavy (non-hydrogen) atoms. The summed E-state index contributed by atoms with van der Waals surface area (Å²) in [7, 11) is 0. The number of amides is 3. The predicted octanol–water partition coefficient (Wildman–Crippen LogP) is -0.0698. The molecule has 108 valence electrons. The van der Waals surface area contributed by atoms with Gasteiger partial charge in [0.1, 0.15) is 0 Å². The Kier molecular flexibility index (Phi) is 5.30. The van der Waals surface area contributed by atoms with Crippen molar-refractivity contribution in [2.75, 3.05) is 6.54 Å². The Hall–Kier alpha value is -2.81. The minimum absolute atomic E-state index is 0.0522. The first-order valence-corrected chi connectivity index (χ1v) is 5.51. The first-order chi connectivity index (χ1) is 9.43. The minimum atomic E-state index is -1.23. The second-order valence-corrected chi connectivity index (χ2v) is 3.81. The third-order valence-corrected chi connectivity index (χ3v) is 2.29. The van der Waals surface area contributed by atoms with Crippen LogP contribution in [0.2, 0.25) is 0 Å². The van der Waals surface area contributed by atoms with Gasteiger partial charge in [0, 0.05) is 30.3 Å². The van der Waals surface area contributed by atoms with Crippen LogP contribution in [0.15, 0.2) is 5.11 Å². The van der Waals surface area contributed by atoms with Crippen molar-refractivity contribution < 1.29 is 29.1 Å². The van der Waals surface area contributed by atoms with Crippen molar-refractivity contribution in [2.24, 2.45) is 5.11 Å². The molecule has 0 saturated carbocycles.